The van der Waals surface area contributed by atoms with Crippen molar-refractivity contribution in [3.8, 4) is 0 Å². The van der Waals surface area contributed by atoms with E-state index in [1.54, 1.807) is 13.2 Å². The molecule has 1 aromatic heterocycles. The van der Waals surface area contributed by atoms with Gasteiger partial charge in [-0.05, 0) is 12.5 Å². The van der Waals surface area contributed by atoms with E-state index in [1.807, 2.05) is 37.3 Å². The van der Waals surface area contributed by atoms with Gasteiger partial charge in [-0.2, -0.15) is 0 Å². The number of methoxy groups -OCH3 is 1. The molecule has 106 valence electrons. The quantitative estimate of drug-likeness (QED) is 0.873. The maximum atomic E-state index is 12.1. The lowest BCUT2D eigenvalue weighted by Crippen LogP contribution is -2.47. The summed E-state index contributed by atoms with van der Waals surface area (Å²) in [7, 11) is 1.62. The lowest BCUT2D eigenvalue weighted by atomic mass is 9.92. The molecule has 0 spiro atoms. The summed E-state index contributed by atoms with van der Waals surface area (Å²) in [4.78, 5) is 12.1. The first-order valence-corrected chi connectivity index (χ1v) is 6.39. The van der Waals surface area contributed by atoms with Gasteiger partial charge < -0.3 is 14.6 Å². The molecule has 1 amide bonds. The predicted molar refractivity (Wildman–Crippen MR) is 74.0 cm³/mol. The van der Waals surface area contributed by atoms with E-state index >= 15 is 0 Å². The highest BCUT2D eigenvalue weighted by Gasteiger charge is 2.28. The third-order valence-corrected chi connectivity index (χ3v) is 3.09. The van der Waals surface area contributed by atoms with E-state index in [9.17, 15) is 4.79 Å². The van der Waals surface area contributed by atoms with Crippen LogP contribution in [0.25, 0.3) is 0 Å². The minimum atomic E-state index is -0.573. The van der Waals surface area contributed by atoms with Crippen LogP contribution >= 0.6 is 0 Å². The number of carbonyl (C=O) groups excluding carboxylic acids is 1. The molecule has 1 heterocycles. The van der Waals surface area contributed by atoms with E-state index < -0.39 is 5.54 Å². The Bertz CT molecular complexity index is 540. The molecule has 0 saturated carbocycles. The summed E-state index contributed by atoms with van der Waals surface area (Å²) < 4.78 is 9.97. The van der Waals surface area contributed by atoms with E-state index in [0.29, 0.717) is 12.3 Å². The van der Waals surface area contributed by atoms with Gasteiger partial charge >= 0.3 is 0 Å². The molecular weight excluding hydrogens is 256 g/mol. The second-order valence-corrected chi connectivity index (χ2v) is 4.85. The van der Waals surface area contributed by atoms with Gasteiger partial charge in [-0.15, -0.1) is 0 Å². The SMILES string of the molecule is COC[C@](C)(NC(=O)Cc1ccon1)c1ccccc1. The molecule has 0 fully saturated rings. The normalized spacial score (nSPS) is 13.7. The average molecular weight is 274 g/mol. The largest absolute Gasteiger partial charge is 0.382 e. The van der Waals surface area contributed by atoms with Crippen LogP contribution in [-0.2, 0) is 21.5 Å². The number of ether oxygens (including phenoxy) is 1. The number of rotatable bonds is 6. The topological polar surface area (TPSA) is 64.4 Å². The summed E-state index contributed by atoms with van der Waals surface area (Å²) in [6, 6.07) is 11.4. The third kappa shape index (κ3) is 3.45. The van der Waals surface area contributed by atoms with E-state index in [0.717, 1.165) is 5.56 Å². The lowest BCUT2D eigenvalue weighted by Gasteiger charge is -2.30. The fraction of sp³-hybridized carbons (Fsp3) is 0.333. The highest BCUT2D eigenvalue weighted by Crippen LogP contribution is 2.21. The zero-order chi connectivity index (χ0) is 14.4. The van der Waals surface area contributed by atoms with Gasteiger partial charge in [-0.25, -0.2) is 0 Å². The van der Waals surface area contributed by atoms with Crippen LogP contribution in [0.1, 0.15) is 18.2 Å². The number of nitrogens with one attached hydrogen (secondary N) is 1. The Labute approximate surface area is 117 Å². The molecule has 0 bridgehead atoms. The van der Waals surface area contributed by atoms with Crippen LogP contribution in [0.4, 0.5) is 0 Å². The van der Waals surface area contributed by atoms with Crippen LogP contribution in [0.5, 0.6) is 0 Å². The summed E-state index contributed by atoms with van der Waals surface area (Å²) in [6.07, 6.45) is 1.64. The zero-order valence-electron chi connectivity index (χ0n) is 11.6. The van der Waals surface area contributed by atoms with Gasteiger partial charge in [0.05, 0.1) is 24.3 Å². The first-order valence-electron chi connectivity index (χ1n) is 6.39. The van der Waals surface area contributed by atoms with Crippen molar-refractivity contribution in [3.05, 3.63) is 53.9 Å². The summed E-state index contributed by atoms with van der Waals surface area (Å²) in [6.45, 7) is 2.33. The van der Waals surface area contributed by atoms with E-state index in [2.05, 4.69) is 10.5 Å². The fourth-order valence-electron chi connectivity index (χ4n) is 2.13. The minimum absolute atomic E-state index is 0.123. The van der Waals surface area contributed by atoms with E-state index in [1.165, 1.54) is 6.26 Å². The van der Waals surface area contributed by atoms with Crippen molar-refractivity contribution in [2.75, 3.05) is 13.7 Å². The average Bonchev–Trinajstić information content (AvgIpc) is 2.92. The van der Waals surface area contributed by atoms with Gasteiger partial charge in [0, 0.05) is 13.2 Å². The summed E-state index contributed by atoms with van der Waals surface area (Å²) in [5, 5.41) is 6.74. The molecule has 0 unspecified atom stereocenters. The molecule has 0 saturated heterocycles. The van der Waals surface area contributed by atoms with Crippen molar-refractivity contribution >= 4 is 5.91 Å². The molecule has 1 N–H and O–H groups in total. The van der Waals surface area contributed by atoms with Gasteiger partial charge in [0.15, 0.2) is 0 Å². The standard InChI is InChI=1S/C15H18N2O3/c1-15(11-19-2,12-6-4-3-5-7-12)16-14(18)10-13-8-9-20-17-13/h3-9H,10-11H2,1-2H3,(H,16,18)/t15-/m0/s1. The predicted octanol–water partition coefficient (Wildman–Crippen LogP) is 1.90. The Morgan fingerprint density at radius 2 is 2.10 bits per heavy atom. The van der Waals surface area contributed by atoms with Crippen LogP contribution < -0.4 is 5.32 Å². The van der Waals surface area contributed by atoms with E-state index in [-0.39, 0.29) is 12.3 Å². The van der Waals surface area contributed by atoms with Crippen molar-refractivity contribution in [2.24, 2.45) is 0 Å². The van der Waals surface area contributed by atoms with Crippen molar-refractivity contribution in [1.82, 2.24) is 10.5 Å². The molecule has 0 aliphatic rings. The second kappa shape index (κ2) is 6.34. The second-order valence-electron chi connectivity index (χ2n) is 4.85. The van der Waals surface area contributed by atoms with Crippen molar-refractivity contribution in [1.29, 1.82) is 0 Å². The summed E-state index contributed by atoms with van der Waals surface area (Å²) in [5.41, 5.74) is 1.03. The fourth-order valence-corrected chi connectivity index (χ4v) is 2.13. The lowest BCUT2D eigenvalue weighted by molar-refractivity contribution is -0.123. The zero-order valence-corrected chi connectivity index (χ0v) is 11.6. The van der Waals surface area contributed by atoms with Crippen LogP contribution in [0, 0.1) is 0 Å². The van der Waals surface area contributed by atoms with Crippen LogP contribution in [0.15, 0.2) is 47.2 Å². The molecule has 1 aromatic carbocycles. The van der Waals surface area contributed by atoms with Gasteiger partial charge in [0.1, 0.15) is 6.26 Å². The Balaban J connectivity index is 2.11. The maximum absolute atomic E-state index is 12.1. The molecule has 0 radical (unpaired) electrons. The smallest absolute Gasteiger partial charge is 0.226 e. The van der Waals surface area contributed by atoms with Gasteiger partial charge in [-0.1, -0.05) is 35.5 Å². The Hall–Kier alpha value is -2.14. The third-order valence-electron chi connectivity index (χ3n) is 3.09. The van der Waals surface area contributed by atoms with Crippen LogP contribution in [-0.4, -0.2) is 24.8 Å². The molecule has 0 aliphatic heterocycles. The number of aromatic nitrogens is 1. The monoisotopic (exact) mass is 274 g/mol. The summed E-state index contributed by atoms with van der Waals surface area (Å²) >= 11 is 0. The Morgan fingerprint density at radius 1 is 1.35 bits per heavy atom. The number of amides is 1. The van der Waals surface area contributed by atoms with Crippen molar-refractivity contribution in [3.63, 3.8) is 0 Å². The Kier molecular flexibility index (Phi) is 4.53. The number of carbonyl (C=O) groups is 1. The highest BCUT2D eigenvalue weighted by atomic mass is 16.5. The van der Waals surface area contributed by atoms with Gasteiger partial charge in [0.2, 0.25) is 5.91 Å². The number of hydrogen-bond acceptors (Lipinski definition) is 4. The highest BCUT2D eigenvalue weighted by molar-refractivity contribution is 5.79. The number of nitrogens with zero attached hydrogens (tertiary/aromatic N) is 1. The van der Waals surface area contributed by atoms with Crippen molar-refractivity contribution < 1.29 is 14.1 Å². The van der Waals surface area contributed by atoms with E-state index in [4.69, 9.17) is 9.26 Å². The van der Waals surface area contributed by atoms with Crippen LogP contribution in [0.2, 0.25) is 0 Å². The summed E-state index contributed by atoms with van der Waals surface area (Å²) in [5.74, 6) is -0.123. The van der Waals surface area contributed by atoms with Gasteiger partial charge in [-0.3, -0.25) is 4.79 Å². The maximum Gasteiger partial charge on any atom is 0.226 e. The van der Waals surface area contributed by atoms with Crippen LogP contribution in [0.3, 0.4) is 0 Å². The molecule has 2 rings (SSSR count). The first kappa shape index (κ1) is 14.3. The molecule has 1 atom stereocenters. The number of benzene rings is 1. The molecule has 5 nitrogen and oxygen atoms in total. The molecule has 0 aliphatic carbocycles. The molecular formula is C15H18N2O3. The first-order chi connectivity index (χ1) is 9.64. The Morgan fingerprint density at radius 3 is 2.70 bits per heavy atom. The molecule has 2 aromatic rings. The number of hydrogen-bond donors (Lipinski definition) is 1. The van der Waals surface area contributed by atoms with Gasteiger partial charge in [0.25, 0.3) is 0 Å². The van der Waals surface area contributed by atoms with Crippen molar-refractivity contribution in [2.45, 2.75) is 18.9 Å². The molecule has 20 heavy (non-hydrogen) atoms. The minimum Gasteiger partial charge on any atom is -0.382 e. The molecule has 5 heteroatoms.